The summed E-state index contributed by atoms with van der Waals surface area (Å²) in [5.41, 5.74) is -0.404. The van der Waals surface area contributed by atoms with E-state index in [4.69, 9.17) is 4.74 Å². The molecule has 0 radical (unpaired) electrons. The van der Waals surface area contributed by atoms with E-state index >= 15 is 0 Å². The van der Waals surface area contributed by atoms with Gasteiger partial charge in [0.1, 0.15) is 6.04 Å². The summed E-state index contributed by atoms with van der Waals surface area (Å²) in [5.74, 6) is -0.151. The van der Waals surface area contributed by atoms with Crippen LogP contribution < -0.4 is 10.6 Å². The van der Waals surface area contributed by atoms with Crippen LogP contribution in [-0.4, -0.2) is 38.3 Å². The van der Waals surface area contributed by atoms with Crippen LogP contribution in [0, 0.1) is 0 Å². The third-order valence-electron chi connectivity index (χ3n) is 5.45. The highest BCUT2D eigenvalue weighted by Gasteiger charge is 2.37. The van der Waals surface area contributed by atoms with E-state index in [2.05, 4.69) is 10.6 Å². The van der Waals surface area contributed by atoms with Crippen molar-refractivity contribution in [3.05, 3.63) is 35.4 Å². The molecule has 4 nitrogen and oxygen atoms in total. The van der Waals surface area contributed by atoms with Crippen LogP contribution in [-0.2, 0) is 21.1 Å². The van der Waals surface area contributed by atoms with Crippen molar-refractivity contribution in [3.63, 3.8) is 0 Å². The molecule has 1 saturated heterocycles. The predicted octanol–water partition coefficient (Wildman–Crippen LogP) is 3.43. The molecule has 0 aromatic heterocycles. The van der Waals surface area contributed by atoms with Gasteiger partial charge >= 0.3 is 6.18 Å². The fourth-order valence-electron chi connectivity index (χ4n) is 3.93. The maximum absolute atomic E-state index is 13.1. The van der Waals surface area contributed by atoms with Gasteiger partial charge in [0, 0.05) is 18.5 Å². The average Bonchev–Trinajstić information content (AvgIpc) is 2.67. The van der Waals surface area contributed by atoms with Gasteiger partial charge in [-0.05, 0) is 24.5 Å². The number of carbonyl (C=O) groups excluding carboxylic acids is 1. The molecule has 1 aromatic rings. The second-order valence-electron chi connectivity index (χ2n) is 7.22. The van der Waals surface area contributed by atoms with Crippen molar-refractivity contribution in [1.82, 2.24) is 10.6 Å². The normalized spacial score (nSPS) is 22.6. The fraction of sp³-hybridized carbons (Fsp3) is 0.632. The second kappa shape index (κ2) is 9.26. The van der Waals surface area contributed by atoms with E-state index in [0.29, 0.717) is 31.9 Å². The number of amides is 1. The average molecular weight is 407 g/mol. The Balaban J connectivity index is 0.00000261. The molecule has 0 bridgehead atoms. The predicted molar refractivity (Wildman–Crippen MR) is 99.1 cm³/mol. The zero-order chi connectivity index (χ0) is 18.6. The van der Waals surface area contributed by atoms with Crippen LogP contribution in [0.4, 0.5) is 13.2 Å². The summed E-state index contributed by atoms with van der Waals surface area (Å²) in [7, 11) is 0. The minimum absolute atomic E-state index is 0. The van der Waals surface area contributed by atoms with Gasteiger partial charge in [-0.2, -0.15) is 13.2 Å². The summed E-state index contributed by atoms with van der Waals surface area (Å²) < 4.78 is 44.7. The number of carbonyl (C=O) groups is 1. The molecule has 152 valence electrons. The molecule has 2 N–H and O–H groups in total. The van der Waals surface area contributed by atoms with Crippen molar-refractivity contribution in [3.8, 4) is 0 Å². The standard InChI is InChI=1S/C19H25F3N2O2.ClH/c20-19(21,22)15-6-4-5-14(11-15)18(7-2-1-3-8-18)13-24-17(25)16-12-26-10-9-23-16;/h4-6,11,16,23H,1-3,7-10,12-13H2,(H,24,25);1H. The molecule has 2 fully saturated rings. The first kappa shape index (κ1) is 22.0. The van der Waals surface area contributed by atoms with Gasteiger partial charge in [0.15, 0.2) is 0 Å². The van der Waals surface area contributed by atoms with E-state index in [1.54, 1.807) is 6.07 Å². The van der Waals surface area contributed by atoms with E-state index in [1.165, 1.54) is 12.1 Å². The van der Waals surface area contributed by atoms with Gasteiger partial charge in [-0.15, -0.1) is 12.4 Å². The Bertz CT molecular complexity index is 628. The molecule has 1 saturated carbocycles. The Morgan fingerprint density at radius 2 is 2.00 bits per heavy atom. The largest absolute Gasteiger partial charge is 0.416 e. The van der Waals surface area contributed by atoms with Crippen LogP contribution in [0.1, 0.15) is 43.2 Å². The van der Waals surface area contributed by atoms with Gasteiger partial charge in [0.25, 0.3) is 0 Å². The molecule has 0 spiro atoms. The van der Waals surface area contributed by atoms with Gasteiger partial charge in [-0.1, -0.05) is 37.5 Å². The molecule has 1 aliphatic carbocycles. The summed E-state index contributed by atoms with van der Waals surface area (Å²) in [4.78, 5) is 12.4. The van der Waals surface area contributed by atoms with Crippen LogP contribution in [0.2, 0.25) is 0 Å². The van der Waals surface area contributed by atoms with E-state index in [-0.39, 0.29) is 18.3 Å². The molecule has 1 atom stereocenters. The fourth-order valence-corrected chi connectivity index (χ4v) is 3.93. The Kier molecular flexibility index (Phi) is 7.54. The van der Waals surface area contributed by atoms with Crippen molar-refractivity contribution in [1.29, 1.82) is 0 Å². The Hall–Kier alpha value is -1.31. The first-order valence-electron chi connectivity index (χ1n) is 9.17. The lowest BCUT2D eigenvalue weighted by molar-refractivity contribution is -0.137. The lowest BCUT2D eigenvalue weighted by atomic mass is 9.69. The zero-order valence-electron chi connectivity index (χ0n) is 15.1. The Morgan fingerprint density at radius 1 is 1.26 bits per heavy atom. The monoisotopic (exact) mass is 406 g/mol. The molecule has 27 heavy (non-hydrogen) atoms. The minimum Gasteiger partial charge on any atom is -0.378 e. The summed E-state index contributed by atoms with van der Waals surface area (Å²) >= 11 is 0. The highest BCUT2D eigenvalue weighted by atomic mass is 35.5. The third-order valence-corrected chi connectivity index (χ3v) is 5.45. The van der Waals surface area contributed by atoms with Gasteiger partial charge in [0.05, 0.1) is 18.8 Å². The van der Waals surface area contributed by atoms with E-state index in [0.717, 1.165) is 38.2 Å². The van der Waals surface area contributed by atoms with Crippen molar-refractivity contribution < 1.29 is 22.7 Å². The molecule has 1 aliphatic heterocycles. The summed E-state index contributed by atoms with van der Waals surface area (Å²) in [6.07, 6.45) is 0.186. The maximum Gasteiger partial charge on any atom is 0.416 e. The number of hydrogen-bond donors (Lipinski definition) is 2. The first-order chi connectivity index (χ1) is 12.4. The number of halogens is 4. The Morgan fingerprint density at radius 3 is 2.63 bits per heavy atom. The van der Waals surface area contributed by atoms with E-state index < -0.39 is 23.2 Å². The number of hydrogen-bond acceptors (Lipinski definition) is 3. The molecule has 1 unspecified atom stereocenters. The number of rotatable bonds is 4. The molecule has 1 aromatic carbocycles. The first-order valence-corrected chi connectivity index (χ1v) is 9.17. The molecule has 2 aliphatic rings. The van der Waals surface area contributed by atoms with Crippen molar-refractivity contribution >= 4 is 18.3 Å². The van der Waals surface area contributed by atoms with Gasteiger partial charge in [0.2, 0.25) is 5.91 Å². The number of benzene rings is 1. The van der Waals surface area contributed by atoms with Crippen molar-refractivity contribution in [2.24, 2.45) is 0 Å². The maximum atomic E-state index is 13.1. The molecular formula is C19H26ClF3N2O2. The topological polar surface area (TPSA) is 50.4 Å². The summed E-state index contributed by atoms with van der Waals surface area (Å²) in [6, 6.07) is 5.17. The molecule has 1 heterocycles. The van der Waals surface area contributed by atoms with Gasteiger partial charge in [-0.25, -0.2) is 0 Å². The lowest BCUT2D eigenvalue weighted by Gasteiger charge is -2.39. The summed E-state index contributed by atoms with van der Waals surface area (Å²) in [6.45, 7) is 1.88. The number of alkyl halides is 3. The van der Waals surface area contributed by atoms with Crippen LogP contribution in [0.3, 0.4) is 0 Å². The SMILES string of the molecule is Cl.O=C(NCC1(c2cccc(C(F)(F)F)c2)CCCCC1)C1COCCN1. The molecular weight excluding hydrogens is 381 g/mol. The van der Waals surface area contributed by atoms with Crippen LogP contribution in [0.15, 0.2) is 24.3 Å². The zero-order valence-corrected chi connectivity index (χ0v) is 15.9. The smallest absolute Gasteiger partial charge is 0.378 e. The number of morpholine rings is 1. The van der Waals surface area contributed by atoms with Crippen molar-refractivity contribution in [2.75, 3.05) is 26.3 Å². The number of ether oxygens (including phenoxy) is 1. The lowest BCUT2D eigenvalue weighted by Crippen LogP contribution is -2.53. The highest BCUT2D eigenvalue weighted by molar-refractivity contribution is 5.85. The van der Waals surface area contributed by atoms with E-state index in [9.17, 15) is 18.0 Å². The highest BCUT2D eigenvalue weighted by Crippen LogP contribution is 2.41. The molecule has 1 amide bonds. The minimum atomic E-state index is -4.36. The van der Waals surface area contributed by atoms with Crippen molar-refractivity contribution in [2.45, 2.75) is 49.7 Å². The molecule has 3 rings (SSSR count). The van der Waals surface area contributed by atoms with E-state index in [1.807, 2.05) is 0 Å². The quantitative estimate of drug-likeness (QED) is 0.805. The molecule has 8 heteroatoms. The number of nitrogens with one attached hydrogen (secondary N) is 2. The van der Waals surface area contributed by atoms with Gasteiger partial charge in [-0.3, -0.25) is 4.79 Å². The van der Waals surface area contributed by atoms with Crippen LogP contribution in [0.5, 0.6) is 0 Å². The summed E-state index contributed by atoms with van der Waals surface area (Å²) in [5, 5.41) is 6.06. The second-order valence-corrected chi connectivity index (χ2v) is 7.22. The van der Waals surface area contributed by atoms with Crippen LogP contribution in [0.25, 0.3) is 0 Å². The third kappa shape index (κ3) is 5.36. The Labute approximate surface area is 163 Å². The van der Waals surface area contributed by atoms with Gasteiger partial charge < -0.3 is 15.4 Å². The van der Waals surface area contributed by atoms with Crippen LogP contribution >= 0.6 is 12.4 Å².